The molecule has 0 radical (unpaired) electrons. The minimum absolute atomic E-state index is 0.0774. The van der Waals surface area contributed by atoms with Gasteiger partial charge in [0.2, 0.25) is 11.7 Å². The number of hydrogen-bond acceptors (Lipinski definition) is 9. The molecule has 39 heavy (non-hydrogen) atoms. The summed E-state index contributed by atoms with van der Waals surface area (Å²) in [7, 11) is 7.52. The lowest BCUT2D eigenvalue weighted by Gasteiger charge is -2.16. The third-order valence-corrected chi connectivity index (χ3v) is 5.84. The van der Waals surface area contributed by atoms with E-state index in [1.54, 1.807) is 30.3 Å². The van der Waals surface area contributed by atoms with Gasteiger partial charge in [0.1, 0.15) is 5.82 Å². The number of rotatable bonds is 10. The van der Waals surface area contributed by atoms with Crippen LogP contribution in [-0.2, 0) is 12.7 Å². The highest BCUT2D eigenvalue weighted by atomic mass is 19.4. The molecule has 0 bridgehead atoms. The van der Waals surface area contributed by atoms with Crippen molar-refractivity contribution in [3.8, 4) is 28.7 Å². The van der Waals surface area contributed by atoms with Crippen LogP contribution in [-0.4, -0.2) is 45.5 Å². The van der Waals surface area contributed by atoms with Crippen LogP contribution in [0.2, 0.25) is 0 Å². The maximum Gasteiger partial charge on any atom is 0.416 e. The standard InChI is InChI=1S/C27H27F3N4O5/c1-35-20-12-18-19(13-21(20)36-2)33-26(32-17-10-22(37-3)24(39-5)23(11-17)38-4)34-25(18)31-14-15-7-6-8-16(9-15)27(28,29)30/h6-13H,14H2,1-5H3,(H2,31,32,33,34). The molecule has 12 heteroatoms. The van der Waals surface area contributed by atoms with Gasteiger partial charge in [-0.1, -0.05) is 12.1 Å². The van der Waals surface area contributed by atoms with Gasteiger partial charge >= 0.3 is 6.18 Å². The molecule has 0 unspecified atom stereocenters. The van der Waals surface area contributed by atoms with E-state index in [1.807, 2.05) is 0 Å². The first kappa shape index (κ1) is 27.4. The molecule has 0 spiro atoms. The highest BCUT2D eigenvalue weighted by molar-refractivity contribution is 5.93. The van der Waals surface area contributed by atoms with E-state index in [1.165, 1.54) is 41.6 Å². The van der Waals surface area contributed by atoms with Crippen LogP contribution in [0.15, 0.2) is 48.5 Å². The van der Waals surface area contributed by atoms with Gasteiger partial charge in [-0.25, -0.2) is 4.98 Å². The third kappa shape index (κ3) is 5.95. The summed E-state index contributed by atoms with van der Waals surface area (Å²) in [4.78, 5) is 9.21. The molecule has 0 amide bonds. The number of benzene rings is 3. The Hall–Kier alpha value is -4.61. The second-order valence-electron chi connectivity index (χ2n) is 8.21. The molecule has 1 heterocycles. The Kier molecular flexibility index (Phi) is 8.03. The van der Waals surface area contributed by atoms with Gasteiger partial charge in [-0.15, -0.1) is 0 Å². The number of fused-ring (bicyclic) bond motifs is 1. The number of hydrogen-bond donors (Lipinski definition) is 2. The number of alkyl halides is 3. The van der Waals surface area contributed by atoms with Crippen LogP contribution in [0.25, 0.3) is 10.9 Å². The molecule has 1 aromatic heterocycles. The Morgan fingerprint density at radius 3 is 1.97 bits per heavy atom. The number of anilines is 3. The predicted molar refractivity (Wildman–Crippen MR) is 141 cm³/mol. The average molecular weight is 545 g/mol. The number of nitrogens with one attached hydrogen (secondary N) is 2. The smallest absolute Gasteiger partial charge is 0.416 e. The predicted octanol–water partition coefficient (Wildman–Crippen LogP) is 6.05. The maximum absolute atomic E-state index is 13.2. The molecule has 4 aromatic rings. The summed E-state index contributed by atoms with van der Waals surface area (Å²) in [6.45, 7) is 0.0774. The second-order valence-corrected chi connectivity index (χ2v) is 8.21. The van der Waals surface area contributed by atoms with Crippen LogP contribution >= 0.6 is 0 Å². The highest BCUT2D eigenvalue weighted by Crippen LogP contribution is 2.41. The SMILES string of the molecule is COc1cc2nc(Nc3cc(OC)c(OC)c(OC)c3)nc(NCc3cccc(C(F)(F)F)c3)c2cc1OC. The van der Waals surface area contributed by atoms with Crippen molar-refractivity contribution in [2.75, 3.05) is 46.2 Å². The zero-order valence-corrected chi connectivity index (χ0v) is 21.9. The maximum atomic E-state index is 13.2. The lowest BCUT2D eigenvalue weighted by atomic mass is 10.1. The van der Waals surface area contributed by atoms with Crippen LogP contribution < -0.4 is 34.3 Å². The number of halogens is 3. The zero-order valence-electron chi connectivity index (χ0n) is 21.9. The van der Waals surface area contributed by atoms with Crippen molar-refractivity contribution in [1.29, 1.82) is 0 Å². The summed E-state index contributed by atoms with van der Waals surface area (Å²) >= 11 is 0. The van der Waals surface area contributed by atoms with Gasteiger partial charge in [0.15, 0.2) is 23.0 Å². The largest absolute Gasteiger partial charge is 0.493 e. The molecule has 9 nitrogen and oxygen atoms in total. The first-order chi connectivity index (χ1) is 18.7. The van der Waals surface area contributed by atoms with Crippen molar-refractivity contribution in [3.05, 3.63) is 59.7 Å². The topological polar surface area (TPSA) is 96.0 Å². The number of nitrogens with zero attached hydrogens (tertiary/aromatic N) is 2. The van der Waals surface area contributed by atoms with Gasteiger partial charge < -0.3 is 34.3 Å². The van der Waals surface area contributed by atoms with Gasteiger partial charge in [0.25, 0.3) is 0 Å². The van der Waals surface area contributed by atoms with E-state index in [4.69, 9.17) is 23.7 Å². The van der Waals surface area contributed by atoms with Gasteiger partial charge in [0, 0.05) is 35.8 Å². The van der Waals surface area contributed by atoms with E-state index in [9.17, 15) is 13.2 Å². The molecule has 4 rings (SSSR count). The number of ether oxygens (including phenoxy) is 5. The highest BCUT2D eigenvalue weighted by Gasteiger charge is 2.30. The Morgan fingerprint density at radius 2 is 1.38 bits per heavy atom. The van der Waals surface area contributed by atoms with Crippen molar-refractivity contribution in [2.24, 2.45) is 0 Å². The second kappa shape index (κ2) is 11.4. The molecular formula is C27H27F3N4O5. The number of methoxy groups -OCH3 is 5. The molecule has 0 atom stereocenters. The summed E-state index contributed by atoms with van der Waals surface area (Å²) in [6.07, 6.45) is -4.45. The molecule has 0 saturated heterocycles. The Labute approximate surface area is 222 Å². The van der Waals surface area contributed by atoms with Crippen LogP contribution in [0.4, 0.5) is 30.6 Å². The Balaban J connectivity index is 1.76. The molecule has 0 aliphatic carbocycles. The monoisotopic (exact) mass is 544 g/mol. The van der Waals surface area contributed by atoms with E-state index in [0.29, 0.717) is 56.7 Å². The summed E-state index contributed by atoms with van der Waals surface area (Å²) in [5.74, 6) is 2.74. The van der Waals surface area contributed by atoms with E-state index >= 15 is 0 Å². The summed E-state index contributed by atoms with van der Waals surface area (Å²) in [6, 6.07) is 11.9. The Bertz CT molecular complexity index is 1460. The number of aromatic nitrogens is 2. The summed E-state index contributed by atoms with van der Waals surface area (Å²) in [5, 5.41) is 6.85. The van der Waals surface area contributed by atoms with Crippen LogP contribution in [0.3, 0.4) is 0 Å². The Morgan fingerprint density at radius 1 is 0.744 bits per heavy atom. The molecule has 2 N–H and O–H groups in total. The van der Waals surface area contributed by atoms with Crippen molar-refractivity contribution in [3.63, 3.8) is 0 Å². The average Bonchev–Trinajstić information content (AvgIpc) is 2.94. The molecule has 3 aromatic carbocycles. The zero-order chi connectivity index (χ0) is 28.2. The fourth-order valence-electron chi connectivity index (χ4n) is 3.97. The molecule has 0 fully saturated rings. The quantitative estimate of drug-likeness (QED) is 0.247. The van der Waals surface area contributed by atoms with Crippen LogP contribution in [0.5, 0.6) is 28.7 Å². The lowest BCUT2D eigenvalue weighted by Crippen LogP contribution is -2.09. The van der Waals surface area contributed by atoms with Crippen LogP contribution in [0, 0.1) is 0 Å². The van der Waals surface area contributed by atoms with Gasteiger partial charge in [-0.05, 0) is 23.8 Å². The molecule has 0 aliphatic heterocycles. The minimum Gasteiger partial charge on any atom is -0.493 e. The normalized spacial score (nSPS) is 11.2. The molecule has 206 valence electrons. The van der Waals surface area contributed by atoms with E-state index in [2.05, 4.69) is 20.6 Å². The van der Waals surface area contributed by atoms with Crippen molar-refractivity contribution < 1.29 is 36.9 Å². The molecular weight excluding hydrogens is 517 g/mol. The van der Waals surface area contributed by atoms with Gasteiger partial charge in [-0.2, -0.15) is 18.2 Å². The van der Waals surface area contributed by atoms with Crippen molar-refractivity contribution in [2.45, 2.75) is 12.7 Å². The van der Waals surface area contributed by atoms with Gasteiger partial charge in [-0.3, -0.25) is 0 Å². The first-order valence-electron chi connectivity index (χ1n) is 11.6. The van der Waals surface area contributed by atoms with E-state index in [-0.39, 0.29) is 12.5 Å². The molecule has 0 saturated carbocycles. The lowest BCUT2D eigenvalue weighted by molar-refractivity contribution is -0.137. The van der Waals surface area contributed by atoms with Crippen molar-refractivity contribution in [1.82, 2.24) is 9.97 Å². The van der Waals surface area contributed by atoms with Crippen molar-refractivity contribution >= 4 is 28.4 Å². The minimum atomic E-state index is -4.45. The fourth-order valence-corrected chi connectivity index (χ4v) is 3.97. The summed E-state index contributed by atoms with van der Waals surface area (Å²) in [5.41, 5.74) is 0.749. The first-order valence-corrected chi connectivity index (χ1v) is 11.6. The molecule has 0 aliphatic rings. The van der Waals surface area contributed by atoms with E-state index in [0.717, 1.165) is 12.1 Å². The van der Waals surface area contributed by atoms with E-state index < -0.39 is 11.7 Å². The fraction of sp³-hybridized carbons (Fsp3) is 0.259. The summed E-state index contributed by atoms with van der Waals surface area (Å²) < 4.78 is 66.7. The van der Waals surface area contributed by atoms with Crippen LogP contribution in [0.1, 0.15) is 11.1 Å². The third-order valence-electron chi connectivity index (χ3n) is 5.84. The van der Waals surface area contributed by atoms with Gasteiger partial charge in [0.05, 0.1) is 46.6 Å².